The second kappa shape index (κ2) is 9.58. The van der Waals surface area contributed by atoms with E-state index in [2.05, 4.69) is 4.90 Å². The predicted molar refractivity (Wildman–Crippen MR) is 114 cm³/mol. The smallest absolute Gasteiger partial charge is 0.310 e. The number of nitrogens with zero attached hydrogens (tertiary/aromatic N) is 2. The fourth-order valence-corrected chi connectivity index (χ4v) is 4.13. The van der Waals surface area contributed by atoms with Gasteiger partial charge in [-0.05, 0) is 54.8 Å². The third kappa shape index (κ3) is 5.37. The highest BCUT2D eigenvalue weighted by molar-refractivity contribution is 6.30. The average molecular weight is 433 g/mol. The summed E-state index contributed by atoms with van der Waals surface area (Å²) in [6.45, 7) is 6.22. The molecule has 0 spiro atoms. The van der Waals surface area contributed by atoms with Crippen molar-refractivity contribution in [2.45, 2.75) is 38.8 Å². The zero-order valence-corrected chi connectivity index (χ0v) is 17.9. The molecule has 1 heterocycles. The molecule has 0 aliphatic carbocycles. The highest BCUT2D eigenvalue weighted by Crippen LogP contribution is 2.26. The minimum atomic E-state index is -0.872. The second-order valence-electron chi connectivity index (χ2n) is 7.88. The molecule has 1 aliphatic heterocycles. The molecular formula is C23H26ClFN2O3. The van der Waals surface area contributed by atoms with Crippen LogP contribution in [0.25, 0.3) is 0 Å². The van der Waals surface area contributed by atoms with Gasteiger partial charge in [-0.15, -0.1) is 0 Å². The normalized spacial score (nSPS) is 18.3. The van der Waals surface area contributed by atoms with E-state index in [0.717, 1.165) is 16.7 Å². The summed E-state index contributed by atoms with van der Waals surface area (Å²) in [5.41, 5.74) is 2.45. The first kappa shape index (κ1) is 22.2. The third-order valence-electron chi connectivity index (χ3n) is 5.64. The minimum Gasteiger partial charge on any atom is -0.481 e. The first-order valence-corrected chi connectivity index (χ1v) is 10.4. The standard InChI is InChI=1S/C23H26ClFN2O3/c1-15-13-26(14-18-12-19(24)5-8-21(18)16(2)23(29)30)9-10-27(15)22(28)11-17-3-6-20(25)7-4-17/h3-8,12,15-16H,9-11,13-14H2,1-2H3,(H,29,30)/t15-,16?/m0/s1. The van der Waals surface area contributed by atoms with Crippen LogP contribution in [0.1, 0.15) is 36.5 Å². The minimum absolute atomic E-state index is 0.0197. The molecule has 160 valence electrons. The van der Waals surface area contributed by atoms with Gasteiger partial charge in [-0.3, -0.25) is 14.5 Å². The maximum atomic E-state index is 13.1. The molecule has 0 bridgehead atoms. The quantitative estimate of drug-likeness (QED) is 0.751. The lowest BCUT2D eigenvalue weighted by Crippen LogP contribution is -2.54. The van der Waals surface area contributed by atoms with Gasteiger partial charge >= 0.3 is 5.97 Å². The van der Waals surface area contributed by atoms with Gasteiger partial charge in [0.05, 0.1) is 12.3 Å². The van der Waals surface area contributed by atoms with E-state index in [1.165, 1.54) is 12.1 Å². The number of halogens is 2. The van der Waals surface area contributed by atoms with E-state index in [0.29, 0.717) is 31.2 Å². The van der Waals surface area contributed by atoms with Crippen LogP contribution < -0.4 is 0 Å². The van der Waals surface area contributed by atoms with Crippen molar-refractivity contribution in [3.8, 4) is 0 Å². The van der Waals surface area contributed by atoms with Crippen LogP contribution in [0.5, 0.6) is 0 Å². The molecule has 30 heavy (non-hydrogen) atoms. The molecule has 2 aromatic carbocycles. The van der Waals surface area contributed by atoms with Crippen LogP contribution in [0.2, 0.25) is 5.02 Å². The second-order valence-corrected chi connectivity index (χ2v) is 8.31. The summed E-state index contributed by atoms with van der Waals surface area (Å²) in [5, 5.41) is 9.97. The van der Waals surface area contributed by atoms with Crippen molar-refractivity contribution in [2.24, 2.45) is 0 Å². The zero-order chi connectivity index (χ0) is 21.8. The Morgan fingerprint density at radius 2 is 1.90 bits per heavy atom. The topological polar surface area (TPSA) is 60.9 Å². The van der Waals surface area contributed by atoms with Crippen LogP contribution in [0, 0.1) is 5.82 Å². The maximum Gasteiger partial charge on any atom is 0.310 e. The van der Waals surface area contributed by atoms with Crippen LogP contribution in [-0.2, 0) is 22.6 Å². The maximum absolute atomic E-state index is 13.1. The number of hydrogen-bond acceptors (Lipinski definition) is 3. The van der Waals surface area contributed by atoms with Gasteiger partial charge in [-0.2, -0.15) is 0 Å². The number of carbonyl (C=O) groups excluding carboxylic acids is 1. The molecule has 5 nitrogen and oxygen atoms in total. The molecular weight excluding hydrogens is 407 g/mol. The van der Waals surface area contributed by atoms with Crippen molar-refractivity contribution in [1.82, 2.24) is 9.80 Å². The summed E-state index contributed by atoms with van der Waals surface area (Å²) in [6, 6.07) is 11.3. The Balaban J connectivity index is 1.64. The van der Waals surface area contributed by atoms with Gasteiger partial charge in [0.15, 0.2) is 0 Å². The molecule has 1 saturated heterocycles. The predicted octanol–water partition coefficient (Wildman–Crippen LogP) is 3.94. The van der Waals surface area contributed by atoms with Gasteiger partial charge in [0.1, 0.15) is 5.82 Å². The molecule has 1 fully saturated rings. The van der Waals surface area contributed by atoms with Crippen molar-refractivity contribution in [1.29, 1.82) is 0 Å². The van der Waals surface area contributed by atoms with Gasteiger partial charge in [-0.25, -0.2) is 4.39 Å². The zero-order valence-electron chi connectivity index (χ0n) is 17.1. The molecule has 1 amide bonds. The number of carboxylic acid groups (broad SMARTS) is 1. The van der Waals surface area contributed by atoms with Gasteiger partial charge in [0, 0.05) is 37.2 Å². The summed E-state index contributed by atoms with van der Waals surface area (Å²) < 4.78 is 13.1. The third-order valence-corrected chi connectivity index (χ3v) is 5.87. The molecule has 1 N–H and O–H groups in total. The van der Waals surface area contributed by atoms with E-state index in [-0.39, 0.29) is 24.2 Å². The number of rotatable bonds is 6. The molecule has 0 aromatic heterocycles. The van der Waals surface area contributed by atoms with Gasteiger partial charge < -0.3 is 10.0 Å². The summed E-state index contributed by atoms with van der Waals surface area (Å²) in [5.74, 6) is -1.78. The van der Waals surface area contributed by atoms with Crippen LogP contribution in [-0.4, -0.2) is 52.5 Å². The summed E-state index contributed by atoms with van der Waals surface area (Å²) in [7, 11) is 0. The fraction of sp³-hybridized carbons (Fsp3) is 0.391. The molecule has 0 saturated carbocycles. The highest BCUT2D eigenvalue weighted by atomic mass is 35.5. The van der Waals surface area contributed by atoms with Gasteiger partial charge in [0.2, 0.25) is 5.91 Å². The Labute approximate surface area is 181 Å². The Bertz CT molecular complexity index is 919. The number of amides is 1. The van der Waals surface area contributed by atoms with E-state index in [1.807, 2.05) is 17.9 Å². The van der Waals surface area contributed by atoms with Crippen LogP contribution in [0.3, 0.4) is 0 Å². The number of piperazine rings is 1. The van der Waals surface area contributed by atoms with Crippen LogP contribution in [0.4, 0.5) is 4.39 Å². The molecule has 2 atom stereocenters. The average Bonchev–Trinajstić information content (AvgIpc) is 2.69. The fourth-order valence-electron chi connectivity index (χ4n) is 3.93. The first-order valence-electron chi connectivity index (χ1n) is 10.0. The number of carboxylic acids is 1. The Kier molecular flexibility index (Phi) is 7.10. The molecule has 1 unspecified atom stereocenters. The lowest BCUT2D eigenvalue weighted by atomic mass is 9.95. The molecule has 0 radical (unpaired) electrons. The van der Waals surface area contributed by atoms with Crippen molar-refractivity contribution in [3.05, 3.63) is 70.0 Å². The molecule has 2 aromatic rings. The number of benzene rings is 2. The van der Waals surface area contributed by atoms with Crippen LogP contribution in [0.15, 0.2) is 42.5 Å². The van der Waals surface area contributed by atoms with E-state index in [4.69, 9.17) is 11.6 Å². The van der Waals surface area contributed by atoms with Crippen molar-refractivity contribution >= 4 is 23.5 Å². The van der Waals surface area contributed by atoms with Gasteiger partial charge in [0.25, 0.3) is 0 Å². The van der Waals surface area contributed by atoms with Crippen molar-refractivity contribution < 1.29 is 19.1 Å². The number of aliphatic carboxylic acids is 1. The SMILES string of the molecule is CC(C(=O)O)c1ccc(Cl)cc1CN1CCN(C(=O)Cc2ccc(F)cc2)[C@@H](C)C1. The Hall–Kier alpha value is -2.44. The van der Waals surface area contributed by atoms with Crippen LogP contribution >= 0.6 is 11.6 Å². The first-order chi connectivity index (χ1) is 14.2. The lowest BCUT2D eigenvalue weighted by molar-refractivity contribution is -0.138. The molecule has 1 aliphatic rings. The Morgan fingerprint density at radius 1 is 1.20 bits per heavy atom. The lowest BCUT2D eigenvalue weighted by Gasteiger charge is -2.40. The van der Waals surface area contributed by atoms with E-state index in [9.17, 15) is 19.1 Å². The monoisotopic (exact) mass is 432 g/mol. The summed E-state index contributed by atoms with van der Waals surface area (Å²) in [6.07, 6.45) is 0.249. The van der Waals surface area contributed by atoms with Crippen molar-refractivity contribution in [3.63, 3.8) is 0 Å². The summed E-state index contributed by atoms with van der Waals surface area (Å²) >= 11 is 6.16. The molecule has 7 heteroatoms. The number of hydrogen-bond donors (Lipinski definition) is 1. The highest BCUT2D eigenvalue weighted by Gasteiger charge is 2.28. The summed E-state index contributed by atoms with van der Waals surface area (Å²) in [4.78, 5) is 28.3. The molecule has 3 rings (SSSR count). The largest absolute Gasteiger partial charge is 0.481 e. The Morgan fingerprint density at radius 3 is 2.53 bits per heavy atom. The van der Waals surface area contributed by atoms with E-state index in [1.54, 1.807) is 31.2 Å². The van der Waals surface area contributed by atoms with E-state index < -0.39 is 11.9 Å². The van der Waals surface area contributed by atoms with Gasteiger partial charge in [-0.1, -0.05) is 29.8 Å². The van der Waals surface area contributed by atoms with Crippen molar-refractivity contribution in [2.75, 3.05) is 19.6 Å². The van der Waals surface area contributed by atoms with E-state index >= 15 is 0 Å². The number of carbonyl (C=O) groups is 2.